The van der Waals surface area contributed by atoms with Crippen molar-refractivity contribution < 1.29 is 0 Å². The molecule has 0 saturated heterocycles. The molecule has 0 radical (unpaired) electrons. The van der Waals surface area contributed by atoms with Gasteiger partial charge in [0.2, 0.25) is 0 Å². The molecule has 0 unspecified atom stereocenters. The van der Waals surface area contributed by atoms with Crippen LogP contribution in [0.25, 0.3) is 0 Å². The third-order valence-corrected chi connectivity index (χ3v) is 1.23. The predicted molar refractivity (Wildman–Crippen MR) is 55.1 cm³/mol. The Morgan fingerprint density at radius 3 is 1.64 bits per heavy atom. The summed E-state index contributed by atoms with van der Waals surface area (Å²) in [6, 6.07) is 0. The van der Waals surface area contributed by atoms with Gasteiger partial charge in [-0.05, 0) is 18.6 Å². The fourth-order valence-electron chi connectivity index (χ4n) is 0.261. The zero-order valence-electron chi connectivity index (χ0n) is 7.25. The second-order valence-electron chi connectivity index (χ2n) is 1.72. The molecule has 64 valence electrons. The first-order valence-electron chi connectivity index (χ1n) is 3.41. The molecule has 0 spiro atoms. The summed E-state index contributed by atoms with van der Waals surface area (Å²) < 4.78 is 0. The molecule has 0 aliphatic rings. The van der Waals surface area contributed by atoms with Gasteiger partial charge in [-0.2, -0.15) is 0 Å². The van der Waals surface area contributed by atoms with Crippen molar-refractivity contribution in [3.05, 3.63) is 34.9 Å². The first-order valence-corrected chi connectivity index (χ1v) is 4.17. The van der Waals surface area contributed by atoms with Crippen LogP contribution in [0.4, 0.5) is 0 Å². The molecule has 0 amide bonds. The van der Waals surface area contributed by atoms with E-state index in [1.165, 1.54) is 0 Å². The zero-order chi connectivity index (χ0) is 9.44. The Balaban J connectivity index is 0. The molecular formula is C9H14Cl2. The van der Waals surface area contributed by atoms with Crippen LogP contribution in [0.1, 0.15) is 20.8 Å². The summed E-state index contributed by atoms with van der Waals surface area (Å²) in [6.07, 6.45) is 1.56. The number of hydrogen-bond acceptors (Lipinski definition) is 0. The molecular weight excluding hydrogens is 179 g/mol. The Morgan fingerprint density at radius 2 is 1.55 bits per heavy atom. The van der Waals surface area contributed by atoms with E-state index in [9.17, 15) is 0 Å². The molecule has 2 heteroatoms. The third-order valence-electron chi connectivity index (χ3n) is 0.691. The van der Waals surface area contributed by atoms with Gasteiger partial charge in [0, 0.05) is 10.1 Å². The minimum Gasteiger partial charge on any atom is -0.0946 e. The maximum absolute atomic E-state index is 5.63. The number of hydrogen-bond donors (Lipinski definition) is 0. The van der Waals surface area contributed by atoms with Gasteiger partial charge in [-0.3, -0.25) is 0 Å². The van der Waals surface area contributed by atoms with E-state index < -0.39 is 0 Å². The fourth-order valence-corrected chi connectivity index (χ4v) is 0.557. The van der Waals surface area contributed by atoms with Crippen LogP contribution in [-0.4, -0.2) is 0 Å². The predicted octanol–water partition coefficient (Wildman–Crippen LogP) is 4.46. The molecule has 0 saturated carbocycles. The summed E-state index contributed by atoms with van der Waals surface area (Å²) in [7, 11) is 0. The van der Waals surface area contributed by atoms with E-state index in [0.717, 1.165) is 5.57 Å². The minimum absolute atomic E-state index is 0.419. The summed E-state index contributed by atoms with van der Waals surface area (Å²) >= 11 is 11.0. The van der Waals surface area contributed by atoms with Crippen molar-refractivity contribution in [2.45, 2.75) is 20.8 Å². The lowest BCUT2D eigenvalue weighted by Gasteiger charge is -1.92. The maximum Gasteiger partial charge on any atom is 0.0443 e. The van der Waals surface area contributed by atoms with Gasteiger partial charge < -0.3 is 0 Å². The van der Waals surface area contributed by atoms with Crippen molar-refractivity contribution >= 4 is 23.2 Å². The first kappa shape index (κ1) is 13.4. The van der Waals surface area contributed by atoms with E-state index in [2.05, 4.69) is 13.2 Å². The second-order valence-corrected chi connectivity index (χ2v) is 2.61. The van der Waals surface area contributed by atoms with E-state index in [0.29, 0.717) is 10.1 Å². The molecule has 0 aliphatic carbocycles. The van der Waals surface area contributed by atoms with E-state index in [-0.39, 0.29) is 0 Å². The average molecular weight is 193 g/mol. The first-order chi connectivity index (χ1) is 5.04. The fraction of sp³-hybridized carbons (Fsp3) is 0.333. The third kappa shape index (κ3) is 9.80. The standard InChI is InChI=1S/C7H8Cl2.C2H6/c1-5(2)7(9)4-6(3)8;1-2/h4H,1,3H2,2H3;1-2H3/b7-4+;. The van der Waals surface area contributed by atoms with Gasteiger partial charge in [0.25, 0.3) is 0 Å². The van der Waals surface area contributed by atoms with Gasteiger partial charge in [-0.25, -0.2) is 0 Å². The maximum atomic E-state index is 5.63. The quantitative estimate of drug-likeness (QED) is 0.567. The summed E-state index contributed by atoms with van der Waals surface area (Å²) in [5.74, 6) is 0. The van der Waals surface area contributed by atoms with Crippen LogP contribution in [-0.2, 0) is 0 Å². The molecule has 0 atom stereocenters. The topological polar surface area (TPSA) is 0 Å². The van der Waals surface area contributed by atoms with Crippen molar-refractivity contribution in [2.75, 3.05) is 0 Å². The minimum atomic E-state index is 0.419. The normalized spacial score (nSPS) is 9.73. The molecule has 0 nitrogen and oxygen atoms in total. The molecule has 0 aromatic carbocycles. The second kappa shape index (κ2) is 7.90. The zero-order valence-corrected chi connectivity index (χ0v) is 8.76. The monoisotopic (exact) mass is 192 g/mol. The van der Waals surface area contributed by atoms with E-state index in [1.807, 2.05) is 13.8 Å². The van der Waals surface area contributed by atoms with Gasteiger partial charge in [0.1, 0.15) is 0 Å². The molecule has 0 N–H and O–H groups in total. The molecule has 0 rings (SSSR count). The highest BCUT2D eigenvalue weighted by Gasteiger charge is 1.90. The lowest BCUT2D eigenvalue weighted by molar-refractivity contribution is 1.50. The van der Waals surface area contributed by atoms with Gasteiger partial charge >= 0.3 is 0 Å². The van der Waals surface area contributed by atoms with Gasteiger partial charge in [-0.1, -0.05) is 50.2 Å². The van der Waals surface area contributed by atoms with E-state index in [4.69, 9.17) is 23.2 Å². The molecule has 0 fully saturated rings. The van der Waals surface area contributed by atoms with Gasteiger partial charge in [0.05, 0.1) is 0 Å². The van der Waals surface area contributed by atoms with Crippen LogP contribution in [0.3, 0.4) is 0 Å². The Labute approximate surface area is 79.2 Å². The van der Waals surface area contributed by atoms with Crippen LogP contribution in [0.5, 0.6) is 0 Å². The van der Waals surface area contributed by atoms with Crippen molar-refractivity contribution in [3.8, 4) is 0 Å². The van der Waals surface area contributed by atoms with Crippen LogP contribution in [0, 0.1) is 0 Å². The van der Waals surface area contributed by atoms with Crippen molar-refractivity contribution in [1.29, 1.82) is 0 Å². The van der Waals surface area contributed by atoms with E-state index >= 15 is 0 Å². The highest BCUT2D eigenvalue weighted by Crippen LogP contribution is 2.15. The van der Waals surface area contributed by atoms with Crippen molar-refractivity contribution in [1.82, 2.24) is 0 Å². The Hall–Kier alpha value is -0.200. The largest absolute Gasteiger partial charge is 0.0946 e. The highest BCUT2D eigenvalue weighted by atomic mass is 35.5. The Bertz CT molecular complexity index is 166. The van der Waals surface area contributed by atoms with Crippen LogP contribution >= 0.6 is 23.2 Å². The average Bonchev–Trinajstić information content (AvgIpc) is 1.90. The summed E-state index contributed by atoms with van der Waals surface area (Å²) in [5, 5.41) is 0.970. The van der Waals surface area contributed by atoms with Crippen LogP contribution < -0.4 is 0 Å². The lowest BCUT2D eigenvalue weighted by atomic mass is 10.3. The van der Waals surface area contributed by atoms with Gasteiger partial charge in [-0.15, -0.1) is 0 Å². The SMILES string of the molecule is C=C(Cl)/C=C(/Cl)C(=C)C.CC. The van der Waals surface area contributed by atoms with Crippen molar-refractivity contribution in [3.63, 3.8) is 0 Å². The Morgan fingerprint density at radius 1 is 1.18 bits per heavy atom. The lowest BCUT2D eigenvalue weighted by Crippen LogP contribution is -1.71. The summed E-state index contributed by atoms with van der Waals surface area (Å²) in [4.78, 5) is 0. The number of allylic oxidation sites excluding steroid dienone is 4. The van der Waals surface area contributed by atoms with Crippen LogP contribution in [0.15, 0.2) is 34.9 Å². The smallest absolute Gasteiger partial charge is 0.0443 e. The highest BCUT2D eigenvalue weighted by molar-refractivity contribution is 6.35. The number of halogens is 2. The van der Waals surface area contributed by atoms with Crippen molar-refractivity contribution in [2.24, 2.45) is 0 Å². The molecule has 0 heterocycles. The molecule has 0 aromatic rings. The van der Waals surface area contributed by atoms with E-state index in [1.54, 1.807) is 13.0 Å². The molecule has 0 aliphatic heterocycles. The Kier molecular flexibility index (Phi) is 9.62. The summed E-state index contributed by atoms with van der Waals surface area (Å²) in [6.45, 7) is 12.9. The van der Waals surface area contributed by atoms with Gasteiger partial charge in [0.15, 0.2) is 0 Å². The summed E-state index contributed by atoms with van der Waals surface area (Å²) in [5.41, 5.74) is 0.790. The molecule has 0 bridgehead atoms. The van der Waals surface area contributed by atoms with Crippen LogP contribution in [0.2, 0.25) is 0 Å². The molecule has 0 aromatic heterocycles. The number of rotatable bonds is 2. The molecule has 11 heavy (non-hydrogen) atoms.